The van der Waals surface area contributed by atoms with Crippen molar-refractivity contribution in [2.45, 2.75) is 25.9 Å². The molecule has 0 radical (unpaired) electrons. The fourth-order valence-electron chi connectivity index (χ4n) is 1.46. The summed E-state index contributed by atoms with van der Waals surface area (Å²) in [6.45, 7) is 5.35. The minimum Gasteiger partial charge on any atom is -0.316 e. The first-order valence-corrected chi connectivity index (χ1v) is 6.25. The van der Waals surface area contributed by atoms with Crippen LogP contribution in [0.1, 0.15) is 30.6 Å². The number of nitrogens with zero attached hydrogens (tertiary/aromatic N) is 4. The van der Waals surface area contributed by atoms with Gasteiger partial charge < -0.3 is 5.32 Å². The number of halogens is 3. The summed E-state index contributed by atoms with van der Waals surface area (Å²) in [5.41, 5.74) is 0. The third-order valence-corrected chi connectivity index (χ3v) is 3.51. The van der Waals surface area contributed by atoms with Gasteiger partial charge in [0, 0.05) is 12.5 Å². The molecule has 5 nitrogen and oxygen atoms in total. The molecule has 0 saturated heterocycles. The Balaban J connectivity index is 2.31. The molecule has 1 N–H and O–H groups in total. The van der Waals surface area contributed by atoms with Crippen LogP contribution < -0.4 is 5.32 Å². The fourth-order valence-corrected chi connectivity index (χ4v) is 2.35. The first kappa shape index (κ1) is 13.2. The van der Waals surface area contributed by atoms with E-state index in [1.54, 1.807) is 0 Å². The lowest BCUT2D eigenvalue weighted by atomic mass is 10.2. The molecule has 2 aromatic heterocycles. The molecule has 18 heavy (non-hydrogen) atoms. The Morgan fingerprint density at radius 1 is 1.39 bits per heavy atom. The molecular weight excluding hydrogens is 267 g/mol. The smallest absolute Gasteiger partial charge is 0.316 e. The highest BCUT2D eigenvalue weighted by Gasteiger charge is 2.38. The fraction of sp³-hybridized carbons (Fsp3) is 0.667. The van der Waals surface area contributed by atoms with Gasteiger partial charge in [0.2, 0.25) is 4.96 Å². The Bertz CT molecular complexity index is 532. The summed E-state index contributed by atoms with van der Waals surface area (Å²) in [6, 6.07) is 0. The number of likely N-dealkylation sites (N-methyl/N-ethyl adjacent to an activating group) is 1. The minimum atomic E-state index is -4.53. The molecule has 2 aromatic rings. The van der Waals surface area contributed by atoms with Crippen LogP contribution in [-0.2, 0) is 6.18 Å². The van der Waals surface area contributed by atoms with Gasteiger partial charge in [-0.2, -0.15) is 22.8 Å². The number of hydrogen-bond donors (Lipinski definition) is 1. The molecule has 2 rings (SSSR count). The number of nitrogens with one attached hydrogen (secondary N) is 1. The average Bonchev–Trinajstić information content (AvgIpc) is 2.82. The predicted molar refractivity (Wildman–Crippen MR) is 60.6 cm³/mol. The van der Waals surface area contributed by atoms with Crippen LogP contribution in [0, 0.1) is 0 Å². The van der Waals surface area contributed by atoms with Gasteiger partial charge in [0.05, 0.1) is 0 Å². The van der Waals surface area contributed by atoms with E-state index >= 15 is 0 Å². The molecule has 9 heteroatoms. The van der Waals surface area contributed by atoms with E-state index in [4.69, 9.17) is 0 Å². The van der Waals surface area contributed by atoms with Gasteiger partial charge >= 0.3 is 6.18 Å². The third kappa shape index (κ3) is 2.46. The molecule has 1 unspecified atom stereocenters. The van der Waals surface area contributed by atoms with E-state index in [0.717, 1.165) is 22.4 Å². The minimum absolute atomic E-state index is 0.0396. The largest absolute Gasteiger partial charge is 0.453 e. The zero-order chi connectivity index (χ0) is 13.3. The van der Waals surface area contributed by atoms with E-state index in [9.17, 15) is 13.2 Å². The van der Waals surface area contributed by atoms with Crippen LogP contribution >= 0.6 is 11.3 Å². The standard InChI is InChI=1S/C9H12F3N5S/c1-3-13-4-5(2)6-16-17-7(9(10,11)12)14-15-8(17)18-6/h5,13H,3-4H2,1-2H3. The Kier molecular flexibility index (Phi) is 3.53. The highest BCUT2D eigenvalue weighted by Crippen LogP contribution is 2.30. The monoisotopic (exact) mass is 279 g/mol. The van der Waals surface area contributed by atoms with Gasteiger partial charge in [-0.25, -0.2) is 0 Å². The molecule has 100 valence electrons. The predicted octanol–water partition coefficient (Wildman–Crippen LogP) is 1.92. The maximum Gasteiger partial charge on any atom is 0.453 e. The first-order valence-electron chi connectivity index (χ1n) is 5.43. The van der Waals surface area contributed by atoms with Crippen molar-refractivity contribution >= 4 is 16.3 Å². The molecule has 2 heterocycles. The summed E-state index contributed by atoms with van der Waals surface area (Å²) >= 11 is 1.13. The zero-order valence-electron chi connectivity index (χ0n) is 9.82. The Hall–Kier alpha value is -1.22. The molecule has 0 aliphatic carbocycles. The van der Waals surface area contributed by atoms with Crippen molar-refractivity contribution in [3.05, 3.63) is 10.8 Å². The van der Waals surface area contributed by atoms with E-state index in [-0.39, 0.29) is 10.9 Å². The third-order valence-electron chi connectivity index (χ3n) is 2.38. The lowest BCUT2D eigenvalue weighted by Crippen LogP contribution is -2.19. The molecule has 0 saturated carbocycles. The van der Waals surface area contributed by atoms with Crippen molar-refractivity contribution in [3.63, 3.8) is 0 Å². The van der Waals surface area contributed by atoms with E-state index in [1.165, 1.54) is 0 Å². The second kappa shape index (κ2) is 4.81. The summed E-state index contributed by atoms with van der Waals surface area (Å²) < 4.78 is 38.5. The number of alkyl halides is 3. The van der Waals surface area contributed by atoms with E-state index < -0.39 is 12.0 Å². The number of fused-ring (bicyclic) bond motifs is 1. The molecule has 0 bridgehead atoms. The van der Waals surface area contributed by atoms with Gasteiger partial charge in [-0.3, -0.25) is 0 Å². The normalized spacial score (nSPS) is 14.3. The van der Waals surface area contributed by atoms with Gasteiger partial charge in [0.1, 0.15) is 5.01 Å². The SMILES string of the molecule is CCNCC(C)c1nn2c(C(F)(F)F)nnc2s1. The maximum absolute atomic E-state index is 12.6. The average molecular weight is 279 g/mol. The highest BCUT2D eigenvalue weighted by atomic mass is 32.1. The Labute approximate surface area is 105 Å². The van der Waals surface area contributed by atoms with Crippen LogP contribution in [0.4, 0.5) is 13.2 Å². The summed E-state index contributed by atoms with van der Waals surface area (Å²) in [4.78, 5) is 0.167. The molecule has 0 aliphatic rings. The number of hydrogen-bond acceptors (Lipinski definition) is 5. The lowest BCUT2D eigenvalue weighted by Gasteiger charge is -2.07. The molecule has 0 spiro atoms. The van der Waals surface area contributed by atoms with Crippen LogP contribution in [0.25, 0.3) is 4.96 Å². The highest BCUT2D eigenvalue weighted by molar-refractivity contribution is 7.16. The van der Waals surface area contributed by atoms with E-state index in [2.05, 4.69) is 20.6 Å². The summed E-state index contributed by atoms with van der Waals surface area (Å²) in [6.07, 6.45) is -4.53. The van der Waals surface area contributed by atoms with Crippen molar-refractivity contribution in [1.82, 2.24) is 25.1 Å². The molecule has 0 amide bonds. The van der Waals surface area contributed by atoms with Crippen LogP contribution in [0.3, 0.4) is 0 Å². The van der Waals surface area contributed by atoms with E-state index in [1.807, 2.05) is 13.8 Å². The first-order chi connectivity index (χ1) is 8.43. The summed E-state index contributed by atoms with van der Waals surface area (Å²) in [5.74, 6) is -1.03. The quantitative estimate of drug-likeness (QED) is 0.929. The molecule has 0 fully saturated rings. The zero-order valence-corrected chi connectivity index (χ0v) is 10.6. The summed E-state index contributed by atoms with van der Waals surface area (Å²) in [7, 11) is 0. The molecule has 0 aromatic carbocycles. The van der Waals surface area contributed by atoms with Gasteiger partial charge in [-0.1, -0.05) is 25.2 Å². The van der Waals surface area contributed by atoms with Crippen molar-refractivity contribution in [2.24, 2.45) is 0 Å². The van der Waals surface area contributed by atoms with Crippen molar-refractivity contribution in [1.29, 1.82) is 0 Å². The van der Waals surface area contributed by atoms with Crippen LogP contribution in [0.15, 0.2) is 0 Å². The summed E-state index contributed by atoms with van der Waals surface area (Å²) in [5, 5.41) is 14.3. The van der Waals surface area contributed by atoms with Crippen molar-refractivity contribution in [3.8, 4) is 0 Å². The maximum atomic E-state index is 12.6. The van der Waals surface area contributed by atoms with Crippen LogP contribution in [-0.4, -0.2) is 32.9 Å². The number of rotatable bonds is 4. The molecular formula is C9H12F3N5S. The number of aromatic nitrogens is 4. The lowest BCUT2D eigenvalue weighted by molar-refractivity contribution is -0.146. The van der Waals surface area contributed by atoms with Gasteiger partial charge in [-0.15, -0.1) is 10.2 Å². The van der Waals surface area contributed by atoms with Crippen molar-refractivity contribution in [2.75, 3.05) is 13.1 Å². The van der Waals surface area contributed by atoms with Crippen molar-refractivity contribution < 1.29 is 13.2 Å². The molecule has 0 aliphatic heterocycles. The second-order valence-corrected chi connectivity index (χ2v) is 4.85. The Morgan fingerprint density at radius 2 is 2.11 bits per heavy atom. The van der Waals surface area contributed by atoms with Crippen LogP contribution in [0.5, 0.6) is 0 Å². The molecule has 1 atom stereocenters. The van der Waals surface area contributed by atoms with Gasteiger partial charge in [0.25, 0.3) is 5.82 Å². The second-order valence-electron chi connectivity index (χ2n) is 3.86. The van der Waals surface area contributed by atoms with Crippen LogP contribution in [0.2, 0.25) is 0 Å². The topological polar surface area (TPSA) is 55.1 Å². The van der Waals surface area contributed by atoms with Gasteiger partial charge in [-0.05, 0) is 6.54 Å². The van der Waals surface area contributed by atoms with Gasteiger partial charge in [0.15, 0.2) is 0 Å². The van der Waals surface area contributed by atoms with E-state index in [0.29, 0.717) is 11.6 Å². The Morgan fingerprint density at radius 3 is 2.72 bits per heavy atom.